The zero-order valence-electron chi connectivity index (χ0n) is 25.0. The van der Waals surface area contributed by atoms with E-state index in [-0.39, 0.29) is 45.9 Å². The maximum absolute atomic E-state index is 15.5. The normalized spacial score (nSPS) is 19.0. The molecule has 0 saturated carbocycles. The topological polar surface area (TPSA) is 95.0 Å². The Bertz CT molecular complexity index is 1650. The van der Waals surface area contributed by atoms with Crippen molar-refractivity contribution in [3.05, 3.63) is 75.0 Å². The van der Waals surface area contributed by atoms with E-state index in [0.29, 0.717) is 54.9 Å². The molecule has 0 aliphatic carbocycles. The molecule has 0 atom stereocenters. The summed E-state index contributed by atoms with van der Waals surface area (Å²) in [5, 5.41) is 10.3. The number of nitrogens with zero attached hydrogens (tertiary/aromatic N) is 4. The highest BCUT2D eigenvalue weighted by Crippen LogP contribution is 2.41. The second-order valence-electron chi connectivity index (χ2n) is 11.8. The zero-order valence-corrected chi connectivity index (χ0v) is 26.5. The number of ether oxygens (including phenoxy) is 3. The van der Waals surface area contributed by atoms with Crippen molar-refractivity contribution in [1.29, 1.82) is 0 Å². The molecule has 3 aromatic carbocycles. The van der Waals surface area contributed by atoms with Gasteiger partial charge in [0.05, 0.1) is 65.9 Å². The number of halogens is 3. The number of para-hydroxylation sites is 1. The number of anilines is 2. The molecule has 0 unspecified atom stereocenters. The van der Waals surface area contributed by atoms with Gasteiger partial charge in [0.2, 0.25) is 0 Å². The van der Waals surface area contributed by atoms with E-state index in [1.165, 1.54) is 4.90 Å². The van der Waals surface area contributed by atoms with Crippen LogP contribution in [0.1, 0.15) is 26.3 Å². The van der Waals surface area contributed by atoms with Crippen LogP contribution in [0.5, 0.6) is 5.75 Å². The number of morpholine rings is 1. The Hall–Kier alpha value is -3.61. The lowest BCUT2D eigenvalue weighted by atomic mass is 9.97. The third kappa shape index (κ3) is 5.86. The highest BCUT2D eigenvalue weighted by atomic mass is 35.5. The first-order valence-electron chi connectivity index (χ1n) is 15.3. The molecular formula is C33H33Cl2FN4O6. The van der Waals surface area contributed by atoms with E-state index < -0.39 is 11.8 Å². The van der Waals surface area contributed by atoms with Crippen LogP contribution >= 0.6 is 23.2 Å². The average Bonchev–Trinajstić information content (AvgIpc) is 3.03. The Balaban J connectivity index is 1.11. The van der Waals surface area contributed by atoms with E-state index in [2.05, 4.69) is 9.80 Å². The average molecular weight is 672 g/mol. The minimum Gasteiger partial charge on any atom is -0.478 e. The summed E-state index contributed by atoms with van der Waals surface area (Å²) in [6.07, 6.45) is 0. The molecule has 0 radical (unpaired) electrons. The van der Waals surface area contributed by atoms with Crippen molar-refractivity contribution in [2.24, 2.45) is 0 Å². The van der Waals surface area contributed by atoms with Crippen LogP contribution in [0, 0.1) is 5.82 Å². The minimum atomic E-state index is -1.21. The maximum Gasteiger partial charge on any atom is 0.337 e. The number of carboxylic acid groups (broad SMARTS) is 1. The smallest absolute Gasteiger partial charge is 0.337 e. The van der Waals surface area contributed by atoms with Gasteiger partial charge in [0, 0.05) is 61.6 Å². The summed E-state index contributed by atoms with van der Waals surface area (Å²) in [5.74, 6) is -1.83. The van der Waals surface area contributed by atoms with Crippen LogP contribution in [-0.4, -0.2) is 105 Å². The zero-order chi connectivity index (χ0) is 31.9. The number of fused-ring (bicyclic) bond motifs is 1. The number of aromatic carboxylic acids is 1. The van der Waals surface area contributed by atoms with Crippen LogP contribution in [0.3, 0.4) is 0 Å². The Morgan fingerprint density at radius 2 is 1.59 bits per heavy atom. The fourth-order valence-electron chi connectivity index (χ4n) is 6.51. The Morgan fingerprint density at radius 3 is 2.24 bits per heavy atom. The van der Waals surface area contributed by atoms with E-state index in [1.54, 1.807) is 30.3 Å². The first kappa shape index (κ1) is 31.0. The molecule has 4 aliphatic heterocycles. The number of hydrogen-bond donors (Lipinski definition) is 1. The van der Waals surface area contributed by atoms with Gasteiger partial charge < -0.3 is 34.0 Å². The third-order valence-electron chi connectivity index (χ3n) is 9.12. The summed E-state index contributed by atoms with van der Waals surface area (Å²) >= 11 is 13.4. The number of carbonyl (C=O) groups excluding carboxylic acids is 1. The van der Waals surface area contributed by atoms with E-state index in [9.17, 15) is 14.7 Å². The second-order valence-corrected chi connectivity index (χ2v) is 12.6. The molecular weight excluding hydrogens is 638 g/mol. The van der Waals surface area contributed by atoms with Gasteiger partial charge in [-0.25, -0.2) is 9.18 Å². The van der Waals surface area contributed by atoms with Crippen LogP contribution < -0.4 is 14.5 Å². The first-order chi connectivity index (χ1) is 22.3. The van der Waals surface area contributed by atoms with Crippen molar-refractivity contribution in [3.63, 3.8) is 0 Å². The summed E-state index contributed by atoms with van der Waals surface area (Å²) in [7, 11) is 0. The maximum atomic E-state index is 15.5. The number of carboxylic acids is 1. The van der Waals surface area contributed by atoms with E-state index >= 15 is 4.39 Å². The lowest BCUT2D eigenvalue weighted by Crippen LogP contribution is -2.56. The molecule has 46 heavy (non-hydrogen) atoms. The number of carbonyl (C=O) groups is 2. The quantitative estimate of drug-likeness (QED) is 0.395. The van der Waals surface area contributed by atoms with Gasteiger partial charge in [0.15, 0.2) is 6.73 Å². The number of hydrogen-bond acceptors (Lipinski definition) is 8. The molecule has 1 N–H and O–H groups in total. The lowest BCUT2D eigenvalue weighted by Gasteiger charge is -2.43. The van der Waals surface area contributed by atoms with Crippen molar-refractivity contribution >= 4 is 46.5 Å². The monoisotopic (exact) mass is 670 g/mol. The Labute approximate surface area is 275 Å². The standard InChI is InChI=1S/C33H33Cl2FN4O6/c34-26-12-21(37-4-6-38(7-5-37)22-17-45-18-22)13-27(35)30(26)32(41)40-16-20-2-1-3-23(31(20)46-19-40)24-15-29(39-8-10-44-11-9-39)25(33(42)43)14-28(24)36/h1-3,12-15,22H,4-11,16-19H2,(H,42,43). The van der Waals surface area contributed by atoms with Gasteiger partial charge >= 0.3 is 5.97 Å². The Kier molecular flexibility index (Phi) is 8.69. The largest absolute Gasteiger partial charge is 0.478 e. The molecule has 1 amide bonds. The molecule has 4 aliphatic rings. The van der Waals surface area contributed by atoms with Gasteiger partial charge in [0.25, 0.3) is 5.91 Å². The van der Waals surface area contributed by atoms with Gasteiger partial charge in [-0.3, -0.25) is 9.69 Å². The molecule has 7 rings (SSSR count). The lowest BCUT2D eigenvalue weighted by molar-refractivity contribution is -0.0660. The molecule has 0 bridgehead atoms. The molecule has 0 spiro atoms. The molecule has 3 aromatic rings. The van der Waals surface area contributed by atoms with Crippen molar-refractivity contribution in [1.82, 2.24) is 9.80 Å². The van der Waals surface area contributed by atoms with Crippen molar-refractivity contribution in [2.45, 2.75) is 12.6 Å². The highest BCUT2D eigenvalue weighted by molar-refractivity contribution is 6.40. The van der Waals surface area contributed by atoms with Gasteiger partial charge in [0.1, 0.15) is 11.6 Å². The fraction of sp³-hybridized carbons (Fsp3) is 0.394. The minimum absolute atomic E-state index is 0.102. The SMILES string of the molecule is O=C(O)c1cc(F)c(-c2cccc3c2OCN(C(=O)c2c(Cl)cc(N4CCN(C5COC5)CC4)cc2Cl)C3)cc1N1CCOCC1. The molecule has 3 fully saturated rings. The second kappa shape index (κ2) is 12.9. The summed E-state index contributed by atoms with van der Waals surface area (Å²) in [6.45, 7) is 7.01. The number of piperazine rings is 1. The summed E-state index contributed by atoms with van der Waals surface area (Å²) in [5.41, 5.74) is 2.73. The van der Waals surface area contributed by atoms with Gasteiger partial charge in [-0.15, -0.1) is 0 Å². The number of benzene rings is 3. The van der Waals surface area contributed by atoms with E-state index in [0.717, 1.165) is 51.1 Å². The highest BCUT2D eigenvalue weighted by Gasteiger charge is 2.32. The van der Waals surface area contributed by atoms with Crippen LogP contribution in [0.4, 0.5) is 15.8 Å². The molecule has 4 heterocycles. The van der Waals surface area contributed by atoms with Crippen LogP contribution in [0.2, 0.25) is 10.0 Å². The summed E-state index contributed by atoms with van der Waals surface area (Å²) in [6, 6.07) is 12.0. The van der Waals surface area contributed by atoms with Crippen molar-refractivity contribution < 1.29 is 33.3 Å². The van der Waals surface area contributed by atoms with E-state index in [1.807, 2.05) is 11.0 Å². The van der Waals surface area contributed by atoms with Crippen molar-refractivity contribution in [3.8, 4) is 16.9 Å². The summed E-state index contributed by atoms with van der Waals surface area (Å²) in [4.78, 5) is 33.8. The predicted molar refractivity (Wildman–Crippen MR) is 172 cm³/mol. The molecule has 0 aromatic heterocycles. The Morgan fingerprint density at radius 1 is 0.870 bits per heavy atom. The van der Waals surface area contributed by atoms with Crippen LogP contribution in [-0.2, 0) is 16.0 Å². The van der Waals surface area contributed by atoms with Gasteiger partial charge in [-0.05, 0) is 24.3 Å². The fourth-order valence-corrected chi connectivity index (χ4v) is 7.14. The van der Waals surface area contributed by atoms with Crippen LogP contribution in [0.15, 0.2) is 42.5 Å². The molecule has 13 heteroatoms. The third-order valence-corrected chi connectivity index (χ3v) is 9.72. The number of rotatable bonds is 6. The van der Waals surface area contributed by atoms with Crippen LogP contribution in [0.25, 0.3) is 11.1 Å². The van der Waals surface area contributed by atoms with Gasteiger partial charge in [-0.2, -0.15) is 0 Å². The van der Waals surface area contributed by atoms with E-state index in [4.69, 9.17) is 37.4 Å². The molecule has 3 saturated heterocycles. The molecule has 242 valence electrons. The predicted octanol–water partition coefficient (Wildman–Crippen LogP) is 4.85. The summed E-state index contributed by atoms with van der Waals surface area (Å²) < 4.78 is 32.4. The van der Waals surface area contributed by atoms with Gasteiger partial charge in [-0.1, -0.05) is 41.4 Å². The number of amides is 1. The van der Waals surface area contributed by atoms with Crippen molar-refractivity contribution in [2.75, 3.05) is 82.2 Å². The molecule has 10 nitrogen and oxygen atoms in total. The first-order valence-corrected chi connectivity index (χ1v) is 16.0.